The second-order valence-electron chi connectivity index (χ2n) is 4.26. The van der Waals surface area contributed by atoms with Crippen molar-refractivity contribution in [2.75, 3.05) is 0 Å². The minimum absolute atomic E-state index is 0.127. The minimum atomic E-state index is -0.733. The average molecular weight is 313 g/mol. The van der Waals surface area contributed by atoms with Gasteiger partial charge < -0.3 is 4.98 Å². The number of carbonyl (C=O) groups excluding carboxylic acids is 1. The van der Waals surface area contributed by atoms with Crippen molar-refractivity contribution < 1.29 is 4.79 Å². The van der Waals surface area contributed by atoms with Crippen molar-refractivity contribution in [1.82, 2.24) is 9.55 Å². The molecule has 0 radical (unpaired) electrons. The second kappa shape index (κ2) is 5.26. The predicted octanol–water partition coefficient (Wildman–Crippen LogP) is 2.34. The molecule has 1 aromatic carbocycles. The van der Waals surface area contributed by atoms with Crippen LogP contribution in [-0.4, -0.2) is 15.3 Å². The molecule has 0 saturated heterocycles. The number of aromatic nitrogens is 2. The van der Waals surface area contributed by atoms with Crippen molar-refractivity contribution in [2.45, 2.75) is 13.8 Å². The first-order valence-corrected chi connectivity index (χ1v) is 6.40. The zero-order chi connectivity index (χ0) is 15.0. The molecule has 0 aliphatic carbocycles. The number of ketones is 1. The van der Waals surface area contributed by atoms with Crippen LogP contribution in [0.25, 0.3) is 5.69 Å². The molecular weight excluding hydrogens is 303 g/mol. The van der Waals surface area contributed by atoms with Gasteiger partial charge in [-0.1, -0.05) is 23.2 Å². The van der Waals surface area contributed by atoms with Crippen LogP contribution in [0.3, 0.4) is 0 Å². The highest BCUT2D eigenvalue weighted by molar-refractivity contribution is 6.35. The third-order valence-electron chi connectivity index (χ3n) is 2.82. The van der Waals surface area contributed by atoms with E-state index in [4.69, 9.17) is 23.2 Å². The van der Waals surface area contributed by atoms with Gasteiger partial charge in [-0.15, -0.1) is 0 Å². The predicted molar refractivity (Wildman–Crippen MR) is 77.4 cm³/mol. The molecule has 0 aliphatic rings. The van der Waals surface area contributed by atoms with Gasteiger partial charge in [0, 0.05) is 11.2 Å². The van der Waals surface area contributed by atoms with Crippen LogP contribution in [-0.2, 0) is 0 Å². The SMILES string of the molecule is CC(=O)c1c[nH]c(=O)n(-c2cc(Cl)c(C)cc2Cl)c1=O. The summed E-state index contributed by atoms with van der Waals surface area (Å²) in [4.78, 5) is 37.8. The molecular formula is C13H10Cl2N2O3. The molecule has 2 rings (SSSR count). The van der Waals surface area contributed by atoms with Crippen molar-refractivity contribution >= 4 is 29.0 Å². The number of carbonyl (C=O) groups is 1. The first-order chi connectivity index (χ1) is 9.32. The molecule has 0 unspecified atom stereocenters. The smallest absolute Gasteiger partial charge is 0.313 e. The van der Waals surface area contributed by atoms with Crippen LogP contribution >= 0.6 is 23.2 Å². The van der Waals surface area contributed by atoms with Crippen LogP contribution < -0.4 is 11.2 Å². The molecule has 2 aromatic rings. The number of benzene rings is 1. The van der Waals surface area contributed by atoms with Gasteiger partial charge in [-0.05, 0) is 31.5 Å². The van der Waals surface area contributed by atoms with E-state index in [1.807, 2.05) is 0 Å². The summed E-state index contributed by atoms with van der Waals surface area (Å²) in [6.07, 6.45) is 1.09. The highest BCUT2D eigenvalue weighted by Gasteiger charge is 2.15. The lowest BCUT2D eigenvalue weighted by molar-refractivity contribution is 0.101. The Labute approximate surface area is 123 Å². The summed E-state index contributed by atoms with van der Waals surface area (Å²) in [7, 11) is 0. The zero-order valence-electron chi connectivity index (χ0n) is 10.7. The van der Waals surface area contributed by atoms with E-state index in [2.05, 4.69) is 4.98 Å². The van der Waals surface area contributed by atoms with Crippen molar-refractivity contribution in [3.8, 4) is 5.69 Å². The lowest BCUT2D eigenvalue weighted by Crippen LogP contribution is -2.36. The maximum atomic E-state index is 12.2. The van der Waals surface area contributed by atoms with Gasteiger partial charge in [0.15, 0.2) is 5.78 Å². The molecule has 0 spiro atoms. The van der Waals surface area contributed by atoms with Gasteiger partial charge in [-0.25, -0.2) is 9.36 Å². The molecule has 0 bridgehead atoms. The van der Waals surface area contributed by atoms with E-state index in [-0.39, 0.29) is 16.3 Å². The topological polar surface area (TPSA) is 71.9 Å². The molecule has 5 nitrogen and oxygen atoms in total. The van der Waals surface area contributed by atoms with E-state index in [1.165, 1.54) is 13.0 Å². The maximum Gasteiger partial charge on any atom is 0.333 e. The average Bonchev–Trinajstić information content (AvgIpc) is 2.35. The Balaban J connectivity index is 2.87. The number of hydrogen-bond donors (Lipinski definition) is 1. The number of Topliss-reactive ketones (excluding diaryl/α,β-unsaturated/α-hetero) is 1. The van der Waals surface area contributed by atoms with Gasteiger partial charge in [-0.2, -0.15) is 0 Å². The number of H-pyrrole nitrogens is 1. The Bertz CT molecular complexity index is 821. The fourth-order valence-corrected chi connectivity index (χ4v) is 2.21. The summed E-state index contributed by atoms with van der Waals surface area (Å²) in [6, 6.07) is 2.96. The molecule has 1 N–H and O–H groups in total. The molecule has 0 fully saturated rings. The third kappa shape index (κ3) is 2.42. The van der Waals surface area contributed by atoms with E-state index in [9.17, 15) is 14.4 Å². The Morgan fingerprint density at radius 2 is 1.85 bits per heavy atom. The van der Waals surface area contributed by atoms with Crippen LogP contribution in [0.15, 0.2) is 27.9 Å². The Kier molecular flexibility index (Phi) is 3.83. The quantitative estimate of drug-likeness (QED) is 0.865. The van der Waals surface area contributed by atoms with Crippen molar-refractivity contribution in [2.24, 2.45) is 0 Å². The molecule has 0 aliphatic heterocycles. The van der Waals surface area contributed by atoms with Crippen molar-refractivity contribution in [3.05, 3.63) is 60.3 Å². The van der Waals surface area contributed by atoms with Crippen LogP contribution in [0, 0.1) is 6.92 Å². The third-order valence-corrected chi connectivity index (χ3v) is 3.53. The lowest BCUT2D eigenvalue weighted by Gasteiger charge is -2.09. The number of nitrogens with zero attached hydrogens (tertiary/aromatic N) is 1. The Morgan fingerprint density at radius 3 is 2.45 bits per heavy atom. The maximum absolute atomic E-state index is 12.2. The lowest BCUT2D eigenvalue weighted by atomic mass is 10.2. The van der Waals surface area contributed by atoms with Crippen LogP contribution in [0.5, 0.6) is 0 Å². The molecule has 1 heterocycles. The molecule has 0 amide bonds. The van der Waals surface area contributed by atoms with Gasteiger partial charge >= 0.3 is 5.69 Å². The molecule has 7 heteroatoms. The van der Waals surface area contributed by atoms with Crippen LogP contribution in [0.2, 0.25) is 10.0 Å². The number of rotatable bonds is 2. The van der Waals surface area contributed by atoms with Gasteiger partial charge in [0.05, 0.1) is 16.3 Å². The minimum Gasteiger partial charge on any atom is -0.313 e. The molecule has 0 saturated carbocycles. The monoisotopic (exact) mass is 312 g/mol. The highest BCUT2D eigenvalue weighted by atomic mass is 35.5. The van der Waals surface area contributed by atoms with E-state index in [1.54, 1.807) is 13.0 Å². The number of halogens is 2. The molecule has 20 heavy (non-hydrogen) atoms. The summed E-state index contributed by atoms with van der Waals surface area (Å²) >= 11 is 12.0. The number of aromatic amines is 1. The number of hydrogen-bond acceptors (Lipinski definition) is 3. The van der Waals surface area contributed by atoms with Gasteiger partial charge in [0.1, 0.15) is 0 Å². The van der Waals surface area contributed by atoms with Crippen molar-refractivity contribution in [3.63, 3.8) is 0 Å². The highest BCUT2D eigenvalue weighted by Crippen LogP contribution is 2.26. The molecule has 104 valence electrons. The Hall–Kier alpha value is -1.85. The summed E-state index contributed by atoms with van der Waals surface area (Å²) in [6.45, 7) is 2.99. The van der Waals surface area contributed by atoms with Gasteiger partial charge in [0.25, 0.3) is 5.56 Å². The van der Waals surface area contributed by atoms with Gasteiger partial charge in [-0.3, -0.25) is 9.59 Å². The number of aryl methyl sites for hydroxylation is 1. The summed E-state index contributed by atoms with van der Waals surface area (Å²) in [5.41, 5.74) is -0.702. The van der Waals surface area contributed by atoms with E-state index < -0.39 is 17.0 Å². The van der Waals surface area contributed by atoms with Crippen molar-refractivity contribution in [1.29, 1.82) is 0 Å². The van der Waals surface area contributed by atoms with E-state index in [0.717, 1.165) is 10.8 Å². The first-order valence-electron chi connectivity index (χ1n) is 5.64. The molecule has 0 atom stereocenters. The fraction of sp³-hybridized carbons (Fsp3) is 0.154. The fourth-order valence-electron chi connectivity index (χ4n) is 1.75. The van der Waals surface area contributed by atoms with Crippen LogP contribution in [0.1, 0.15) is 22.8 Å². The van der Waals surface area contributed by atoms with E-state index in [0.29, 0.717) is 10.6 Å². The summed E-state index contributed by atoms with van der Waals surface area (Å²) in [5.74, 6) is -0.450. The second-order valence-corrected chi connectivity index (χ2v) is 5.07. The van der Waals surface area contributed by atoms with Crippen LogP contribution in [0.4, 0.5) is 0 Å². The zero-order valence-corrected chi connectivity index (χ0v) is 12.2. The molecule has 1 aromatic heterocycles. The standard InChI is InChI=1S/C13H10Cl2N2O3/c1-6-3-10(15)11(4-9(6)14)17-12(19)8(7(2)18)5-16-13(17)20/h3-5H,1-2H3,(H,16,20). The Morgan fingerprint density at radius 1 is 1.20 bits per heavy atom. The summed E-state index contributed by atoms with van der Waals surface area (Å²) in [5, 5.41) is 0.559. The first kappa shape index (κ1) is 14.6. The van der Waals surface area contributed by atoms with E-state index >= 15 is 0 Å². The number of nitrogens with one attached hydrogen (secondary N) is 1. The largest absolute Gasteiger partial charge is 0.333 e. The summed E-state index contributed by atoms with van der Waals surface area (Å²) < 4.78 is 0.796. The normalized spacial score (nSPS) is 10.6. The van der Waals surface area contributed by atoms with Gasteiger partial charge in [0.2, 0.25) is 0 Å².